The lowest BCUT2D eigenvalue weighted by Crippen LogP contribution is -2.43. The van der Waals surface area contributed by atoms with Crippen LogP contribution in [0.1, 0.15) is 40.1 Å². The van der Waals surface area contributed by atoms with Crippen LogP contribution in [0, 0.1) is 17.7 Å². The third-order valence-corrected chi connectivity index (χ3v) is 4.81. The molecule has 3 heterocycles. The number of halogens is 4. The average molecular weight is 463 g/mol. The standard InChI is InChI=1S/C21H15F4N5O.H2S/c1-12-11-29(15-5-6-16(17(22)8-15)21(23,24)25)20(31)19-14(10-28-30(12)19)4-2-13-3-7-18(26)27-9-13;/h3,5-10,12H,11H2,1H3,(H2,26,27);1H2/t12-;/m0./s1. The molecule has 3 aromatic rings. The van der Waals surface area contributed by atoms with E-state index in [1.54, 1.807) is 19.1 Å². The first-order valence-electron chi connectivity index (χ1n) is 9.15. The highest BCUT2D eigenvalue weighted by Gasteiger charge is 2.36. The number of nitrogen functional groups attached to an aromatic ring is 1. The summed E-state index contributed by atoms with van der Waals surface area (Å²) >= 11 is 0. The topological polar surface area (TPSA) is 77.0 Å². The molecule has 0 bridgehead atoms. The summed E-state index contributed by atoms with van der Waals surface area (Å²) < 4.78 is 54.1. The minimum Gasteiger partial charge on any atom is -0.384 e. The number of hydrogen-bond acceptors (Lipinski definition) is 4. The molecule has 0 saturated carbocycles. The molecule has 1 aliphatic rings. The Morgan fingerprint density at radius 3 is 2.53 bits per heavy atom. The molecular formula is C21H17F4N5OS. The van der Waals surface area contributed by atoms with E-state index in [2.05, 4.69) is 21.9 Å². The van der Waals surface area contributed by atoms with E-state index in [4.69, 9.17) is 5.73 Å². The number of hydrogen-bond donors (Lipinski definition) is 1. The molecule has 166 valence electrons. The molecule has 0 fully saturated rings. The second kappa shape index (κ2) is 8.55. The zero-order chi connectivity index (χ0) is 22.3. The van der Waals surface area contributed by atoms with Crippen LogP contribution in [-0.4, -0.2) is 27.2 Å². The molecule has 0 saturated heterocycles. The van der Waals surface area contributed by atoms with Gasteiger partial charge in [-0.1, -0.05) is 11.8 Å². The molecule has 0 radical (unpaired) electrons. The van der Waals surface area contributed by atoms with Gasteiger partial charge in [0, 0.05) is 24.0 Å². The Labute approximate surface area is 187 Å². The number of carbonyl (C=O) groups is 1. The maximum atomic E-state index is 14.1. The smallest absolute Gasteiger partial charge is 0.384 e. The van der Waals surface area contributed by atoms with E-state index in [9.17, 15) is 22.4 Å². The highest BCUT2D eigenvalue weighted by Crippen LogP contribution is 2.34. The third-order valence-electron chi connectivity index (χ3n) is 4.81. The first-order chi connectivity index (χ1) is 14.6. The van der Waals surface area contributed by atoms with Crippen LogP contribution in [0.15, 0.2) is 42.7 Å². The van der Waals surface area contributed by atoms with Gasteiger partial charge in [-0.25, -0.2) is 9.37 Å². The fourth-order valence-electron chi connectivity index (χ4n) is 3.30. The van der Waals surface area contributed by atoms with Gasteiger partial charge >= 0.3 is 6.18 Å². The summed E-state index contributed by atoms with van der Waals surface area (Å²) in [5.41, 5.74) is 5.27. The number of pyridine rings is 1. The number of fused-ring (bicyclic) bond motifs is 1. The summed E-state index contributed by atoms with van der Waals surface area (Å²) in [6.07, 6.45) is -1.89. The fraction of sp³-hybridized carbons (Fsp3) is 0.190. The number of aromatic nitrogens is 3. The van der Waals surface area contributed by atoms with Gasteiger partial charge in [-0.15, -0.1) is 0 Å². The van der Waals surface area contributed by atoms with Crippen LogP contribution in [0.2, 0.25) is 0 Å². The van der Waals surface area contributed by atoms with Crippen molar-refractivity contribution in [2.45, 2.75) is 19.1 Å². The molecule has 1 aromatic carbocycles. The van der Waals surface area contributed by atoms with Crippen molar-refractivity contribution < 1.29 is 22.4 Å². The van der Waals surface area contributed by atoms with E-state index in [-0.39, 0.29) is 37.5 Å². The summed E-state index contributed by atoms with van der Waals surface area (Å²) in [5, 5.41) is 4.21. The Hall–Kier alpha value is -3.52. The largest absolute Gasteiger partial charge is 0.419 e. The number of nitrogens with zero attached hydrogens (tertiary/aromatic N) is 4. The predicted octanol–water partition coefficient (Wildman–Crippen LogP) is 3.75. The van der Waals surface area contributed by atoms with Crippen LogP contribution in [-0.2, 0) is 6.18 Å². The normalized spacial score (nSPS) is 15.5. The summed E-state index contributed by atoms with van der Waals surface area (Å²) in [7, 11) is 0. The van der Waals surface area contributed by atoms with Gasteiger partial charge in [0.2, 0.25) is 0 Å². The molecule has 1 amide bonds. The number of rotatable bonds is 1. The Morgan fingerprint density at radius 2 is 1.91 bits per heavy atom. The van der Waals surface area contributed by atoms with Crippen molar-refractivity contribution in [2.75, 3.05) is 17.2 Å². The summed E-state index contributed by atoms with van der Waals surface area (Å²) in [5.74, 6) is 4.11. The van der Waals surface area contributed by atoms with E-state index >= 15 is 0 Å². The van der Waals surface area contributed by atoms with Crippen LogP contribution in [0.4, 0.5) is 29.1 Å². The summed E-state index contributed by atoms with van der Waals surface area (Å²) in [6, 6.07) is 5.38. The molecule has 6 nitrogen and oxygen atoms in total. The molecule has 2 N–H and O–H groups in total. The second-order valence-electron chi connectivity index (χ2n) is 7.00. The molecule has 11 heteroatoms. The van der Waals surface area contributed by atoms with Crippen LogP contribution in [0.3, 0.4) is 0 Å². The minimum atomic E-state index is -4.82. The zero-order valence-corrected chi connectivity index (χ0v) is 17.6. The Morgan fingerprint density at radius 1 is 1.16 bits per heavy atom. The molecule has 4 rings (SSSR count). The second-order valence-corrected chi connectivity index (χ2v) is 7.00. The number of amides is 1. The van der Waals surface area contributed by atoms with Gasteiger partial charge in [-0.2, -0.15) is 31.8 Å². The predicted molar refractivity (Wildman–Crippen MR) is 115 cm³/mol. The number of alkyl halides is 3. The molecule has 0 unspecified atom stereocenters. The van der Waals surface area contributed by atoms with E-state index in [0.29, 0.717) is 29.1 Å². The van der Waals surface area contributed by atoms with Gasteiger partial charge in [0.1, 0.15) is 17.3 Å². The number of nitrogens with two attached hydrogens (primary N) is 1. The number of anilines is 2. The SMILES string of the molecule is C[C@H]1CN(c2ccc(C(F)(F)F)c(F)c2)C(=O)c2c(C#Cc3ccc(N)nc3)cnn21.S. The van der Waals surface area contributed by atoms with E-state index in [1.807, 2.05) is 0 Å². The fourth-order valence-corrected chi connectivity index (χ4v) is 3.30. The van der Waals surface area contributed by atoms with Crippen molar-refractivity contribution in [3.05, 3.63) is 70.9 Å². The van der Waals surface area contributed by atoms with E-state index < -0.39 is 23.5 Å². The van der Waals surface area contributed by atoms with Crippen LogP contribution in [0.25, 0.3) is 0 Å². The molecule has 32 heavy (non-hydrogen) atoms. The summed E-state index contributed by atoms with van der Waals surface area (Å²) in [4.78, 5) is 18.3. The first-order valence-corrected chi connectivity index (χ1v) is 9.15. The summed E-state index contributed by atoms with van der Waals surface area (Å²) in [6.45, 7) is 1.91. The molecule has 1 atom stereocenters. The highest BCUT2D eigenvalue weighted by molar-refractivity contribution is 7.59. The van der Waals surface area contributed by atoms with Crippen molar-refractivity contribution in [3.8, 4) is 11.8 Å². The lowest BCUT2D eigenvalue weighted by Gasteiger charge is -2.32. The molecule has 2 aromatic heterocycles. The third kappa shape index (κ3) is 4.27. The Balaban J connectivity index is 0.00000289. The number of benzene rings is 1. The zero-order valence-electron chi connectivity index (χ0n) is 16.6. The molecule has 0 aliphatic carbocycles. The average Bonchev–Trinajstić information content (AvgIpc) is 3.14. The van der Waals surface area contributed by atoms with Crippen LogP contribution < -0.4 is 10.6 Å². The minimum absolute atomic E-state index is 0. The monoisotopic (exact) mass is 463 g/mol. The van der Waals surface area contributed by atoms with E-state index in [1.165, 1.54) is 22.0 Å². The van der Waals surface area contributed by atoms with Gasteiger partial charge in [-0.05, 0) is 37.3 Å². The van der Waals surface area contributed by atoms with Gasteiger partial charge in [0.05, 0.1) is 23.4 Å². The van der Waals surface area contributed by atoms with Crippen molar-refractivity contribution in [3.63, 3.8) is 0 Å². The Bertz CT molecular complexity index is 1230. The Kier molecular flexibility index (Phi) is 6.18. The highest BCUT2D eigenvalue weighted by atomic mass is 32.1. The van der Waals surface area contributed by atoms with Crippen LogP contribution >= 0.6 is 13.5 Å². The lowest BCUT2D eigenvalue weighted by molar-refractivity contribution is -0.139. The van der Waals surface area contributed by atoms with Crippen molar-refractivity contribution in [1.29, 1.82) is 0 Å². The quantitative estimate of drug-likeness (QED) is 0.441. The van der Waals surface area contributed by atoms with E-state index in [0.717, 1.165) is 6.07 Å². The molecular weight excluding hydrogens is 446 g/mol. The van der Waals surface area contributed by atoms with Crippen molar-refractivity contribution >= 4 is 30.9 Å². The molecule has 1 aliphatic heterocycles. The maximum absolute atomic E-state index is 14.1. The lowest BCUT2D eigenvalue weighted by atomic mass is 10.1. The molecule has 0 spiro atoms. The van der Waals surface area contributed by atoms with Crippen molar-refractivity contribution in [1.82, 2.24) is 14.8 Å². The maximum Gasteiger partial charge on any atom is 0.419 e. The number of carbonyl (C=O) groups excluding carboxylic acids is 1. The van der Waals surface area contributed by atoms with Crippen LogP contribution in [0.5, 0.6) is 0 Å². The van der Waals surface area contributed by atoms with Gasteiger partial charge in [0.15, 0.2) is 0 Å². The van der Waals surface area contributed by atoms with Gasteiger partial charge in [0.25, 0.3) is 5.91 Å². The van der Waals surface area contributed by atoms with Gasteiger partial charge < -0.3 is 10.6 Å². The first kappa shape index (κ1) is 23.1. The van der Waals surface area contributed by atoms with Crippen molar-refractivity contribution in [2.24, 2.45) is 0 Å². The van der Waals surface area contributed by atoms with Gasteiger partial charge in [-0.3, -0.25) is 9.48 Å².